The zero-order valence-electron chi connectivity index (χ0n) is 19.3. The molecule has 2 N–H and O–H groups in total. The fourth-order valence-electron chi connectivity index (χ4n) is 3.87. The van der Waals surface area contributed by atoms with Crippen LogP contribution in [0.3, 0.4) is 0 Å². The molecule has 0 spiro atoms. The van der Waals surface area contributed by atoms with Crippen LogP contribution < -0.4 is 30.5 Å². The Bertz CT molecular complexity index is 1340. The van der Waals surface area contributed by atoms with Crippen LogP contribution in [0.2, 0.25) is 0 Å². The number of nitrogens with zero attached hydrogens (tertiary/aromatic N) is 5. The molecular formula is C22H23F3N6O5. The number of halogens is 3. The van der Waals surface area contributed by atoms with E-state index in [4.69, 9.17) is 4.74 Å². The van der Waals surface area contributed by atoms with E-state index in [1.54, 1.807) is 29.1 Å². The largest absolute Gasteiger partial charge is 0.573 e. The smallest absolute Gasteiger partial charge is 0.452 e. The molecule has 1 aliphatic heterocycles. The first kappa shape index (κ1) is 25.0. The standard InChI is InChI=1S/C22H23F3N6O5/c1-13-26-10-14(11-27-13)12-31-17-18(33)28-20(34)29(2)19(17)30(7-4-8-32)21(31)35-15-5-3-6-16(9-15)36-22(23,24)25/h3,5-6,9-11,21,32H,4,7-8,12H2,1-2H3,(H,28,33,34). The molecule has 192 valence electrons. The Morgan fingerprint density at radius 3 is 2.50 bits per heavy atom. The predicted molar refractivity (Wildman–Crippen MR) is 122 cm³/mol. The molecule has 11 nitrogen and oxygen atoms in total. The molecule has 1 aromatic carbocycles. The molecule has 14 heteroatoms. The Morgan fingerprint density at radius 1 is 1.14 bits per heavy atom. The van der Waals surface area contributed by atoms with E-state index >= 15 is 0 Å². The van der Waals surface area contributed by atoms with Gasteiger partial charge in [-0.2, -0.15) is 0 Å². The highest BCUT2D eigenvalue weighted by molar-refractivity contribution is 5.73. The summed E-state index contributed by atoms with van der Waals surface area (Å²) in [5.74, 6) is 0.314. The molecular weight excluding hydrogens is 485 g/mol. The molecule has 0 radical (unpaired) electrons. The van der Waals surface area contributed by atoms with Crippen molar-refractivity contribution in [2.24, 2.45) is 7.05 Å². The molecule has 3 aromatic rings. The number of aryl methyl sites for hydroxylation is 1. The van der Waals surface area contributed by atoms with E-state index < -0.39 is 29.7 Å². The van der Waals surface area contributed by atoms with Crippen LogP contribution in [0.4, 0.5) is 24.7 Å². The van der Waals surface area contributed by atoms with Crippen LogP contribution in [0.5, 0.6) is 11.5 Å². The number of H-pyrrole nitrogens is 1. The van der Waals surface area contributed by atoms with E-state index in [-0.39, 0.29) is 43.4 Å². The second kappa shape index (κ2) is 9.89. The van der Waals surface area contributed by atoms with Crippen LogP contribution in [-0.4, -0.2) is 50.5 Å². The Balaban J connectivity index is 1.79. The van der Waals surface area contributed by atoms with Gasteiger partial charge in [-0.25, -0.2) is 14.8 Å². The quantitative estimate of drug-likeness (QED) is 0.467. The van der Waals surface area contributed by atoms with Gasteiger partial charge in [0.2, 0.25) is 0 Å². The number of aromatic nitrogens is 4. The minimum Gasteiger partial charge on any atom is -0.452 e. The minimum atomic E-state index is -4.89. The number of nitrogens with one attached hydrogen (secondary N) is 1. The van der Waals surface area contributed by atoms with Crippen LogP contribution in [0, 0.1) is 6.92 Å². The summed E-state index contributed by atoms with van der Waals surface area (Å²) in [6.07, 6.45) is -2.55. The summed E-state index contributed by atoms with van der Waals surface area (Å²) < 4.78 is 49.5. The number of hydrogen-bond donors (Lipinski definition) is 2. The van der Waals surface area contributed by atoms with Crippen LogP contribution in [0.15, 0.2) is 46.2 Å². The first-order chi connectivity index (χ1) is 17.1. The second-order valence-corrected chi connectivity index (χ2v) is 7.99. The maximum Gasteiger partial charge on any atom is 0.573 e. The number of anilines is 2. The van der Waals surface area contributed by atoms with Crippen LogP contribution in [0.25, 0.3) is 0 Å². The first-order valence-electron chi connectivity index (χ1n) is 10.8. The van der Waals surface area contributed by atoms with Gasteiger partial charge < -0.3 is 24.4 Å². The van der Waals surface area contributed by atoms with Crippen molar-refractivity contribution in [1.29, 1.82) is 0 Å². The summed E-state index contributed by atoms with van der Waals surface area (Å²) in [6, 6.07) is 4.96. The van der Waals surface area contributed by atoms with Gasteiger partial charge in [0.1, 0.15) is 28.8 Å². The molecule has 0 saturated carbocycles. The van der Waals surface area contributed by atoms with Crippen molar-refractivity contribution in [1.82, 2.24) is 19.5 Å². The monoisotopic (exact) mass is 508 g/mol. The average molecular weight is 508 g/mol. The summed E-state index contributed by atoms with van der Waals surface area (Å²) in [5, 5.41) is 9.44. The molecule has 0 saturated heterocycles. The zero-order valence-corrected chi connectivity index (χ0v) is 19.3. The fourth-order valence-corrected chi connectivity index (χ4v) is 3.87. The van der Waals surface area contributed by atoms with Crippen molar-refractivity contribution in [3.05, 3.63) is 68.9 Å². The molecule has 0 fully saturated rings. The van der Waals surface area contributed by atoms with Crippen LogP contribution in [0.1, 0.15) is 17.8 Å². The fraction of sp³-hybridized carbons (Fsp3) is 0.364. The summed E-state index contributed by atoms with van der Waals surface area (Å²) >= 11 is 0. The molecule has 1 atom stereocenters. The summed E-state index contributed by atoms with van der Waals surface area (Å²) in [6.45, 7) is 1.78. The van der Waals surface area contributed by atoms with Gasteiger partial charge in [0.15, 0.2) is 0 Å². The average Bonchev–Trinajstić information content (AvgIpc) is 3.10. The van der Waals surface area contributed by atoms with Crippen molar-refractivity contribution >= 4 is 11.5 Å². The van der Waals surface area contributed by atoms with E-state index in [1.165, 1.54) is 23.7 Å². The maximum atomic E-state index is 12.9. The molecule has 36 heavy (non-hydrogen) atoms. The van der Waals surface area contributed by atoms with Crippen LogP contribution >= 0.6 is 0 Å². The summed E-state index contributed by atoms with van der Waals surface area (Å²) in [4.78, 5) is 39.1. The number of benzene rings is 1. The van der Waals surface area contributed by atoms with Gasteiger partial charge in [-0.1, -0.05) is 6.07 Å². The van der Waals surface area contributed by atoms with Gasteiger partial charge in [0, 0.05) is 44.2 Å². The number of aliphatic hydroxyl groups excluding tert-OH is 1. The minimum absolute atomic E-state index is 0.0233. The number of rotatable bonds is 8. The molecule has 1 unspecified atom stereocenters. The number of alkyl halides is 3. The molecule has 3 heterocycles. The van der Waals surface area contributed by atoms with Gasteiger partial charge in [-0.05, 0) is 25.5 Å². The Morgan fingerprint density at radius 2 is 1.83 bits per heavy atom. The highest BCUT2D eigenvalue weighted by Crippen LogP contribution is 2.38. The van der Waals surface area contributed by atoms with E-state index in [0.29, 0.717) is 11.4 Å². The zero-order chi connectivity index (χ0) is 26.0. The molecule has 1 aliphatic rings. The van der Waals surface area contributed by atoms with Gasteiger partial charge in [0.05, 0.1) is 6.54 Å². The van der Waals surface area contributed by atoms with Crippen molar-refractivity contribution in [3.8, 4) is 11.5 Å². The van der Waals surface area contributed by atoms with Gasteiger partial charge >= 0.3 is 12.1 Å². The third kappa shape index (κ3) is 5.27. The predicted octanol–water partition coefficient (Wildman–Crippen LogP) is 1.64. The lowest BCUT2D eigenvalue weighted by Crippen LogP contribution is -2.48. The lowest BCUT2D eigenvalue weighted by molar-refractivity contribution is -0.274. The first-order valence-corrected chi connectivity index (χ1v) is 10.8. The maximum absolute atomic E-state index is 12.9. The van der Waals surface area contributed by atoms with Crippen LogP contribution in [-0.2, 0) is 13.6 Å². The summed E-state index contributed by atoms with van der Waals surface area (Å²) in [5.41, 5.74) is -0.599. The van der Waals surface area contributed by atoms with E-state index in [1.807, 2.05) is 0 Å². The lowest BCUT2D eigenvalue weighted by Gasteiger charge is -2.32. The molecule has 0 aliphatic carbocycles. The molecule has 0 amide bonds. The third-order valence-corrected chi connectivity index (χ3v) is 5.39. The Labute approximate surface area is 202 Å². The second-order valence-electron chi connectivity index (χ2n) is 7.99. The number of aromatic amines is 1. The van der Waals surface area contributed by atoms with Gasteiger partial charge in [-0.15, -0.1) is 13.2 Å². The third-order valence-electron chi connectivity index (χ3n) is 5.39. The topological polar surface area (TPSA) is 126 Å². The number of hydrogen-bond acceptors (Lipinski definition) is 9. The number of ether oxygens (including phenoxy) is 2. The van der Waals surface area contributed by atoms with Gasteiger partial charge in [0.25, 0.3) is 11.9 Å². The SMILES string of the molecule is Cc1ncc(CN2c3c(n(C)c(=O)[nH]c3=O)N(CCCO)C2Oc2cccc(OC(F)(F)F)c2)cn1. The van der Waals surface area contributed by atoms with Crippen molar-refractivity contribution in [3.63, 3.8) is 0 Å². The van der Waals surface area contributed by atoms with Gasteiger partial charge in [-0.3, -0.25) is 14.3 Å². The highest BCUT2D eigenvalue weighted by Gasteiger charge is 2.42. The Hall–Kier alpha value is -4.07. The van der Waals surface area contributed by atoms with Crippen molar-refractivity contribution in [2.45, 2.75) is 32.6 Å². The lowest BCUT2D eigenvalue weighted by atomic mass is 10.3. The van der Waals surface area contributed by atoms with E-state index in [9.17, 15) is 27.9 Å². The van der Waals surface area contributed by atoms with E-state index in [2.05, 4.69) is 19.7 Å². The Kier molecular flexibility index (Phi) is 6.88. The molecule has 0 bridgehead atoms. The van der Waals surface area contributed by atoms with E-state index in [0.717, 1.165) is 12.1 Å². The number of aliphatic hydroxyl groups is 1. The normalized spacial score (nSPS) is 15.2. The molecule has 4 rings (SSSR count). The van der Waals surface area contributed by atoms with Crippen molar-refractivity contribution in [2.75, 3.05) is 23.0 Å². The number of fused-ring (bicyclic) bond motifs is 1. The van der Waals surface area contributed by atoms with Crippen molar-refractivity contribution < 1.29 is 27.8 Å². The summed E-state index contributed by atoms with van der Waals surface area (Å²) in [7, 11) is 1.47. The highest BCUT2D eigenvalue weighted by atomic mass is 19.4. The molecule has 2 aromatic heterocycles.